The van der Waals surface area contributed by atoms with E-state index in [1.807, 2.05) is 0 Å². The van der Waals surface area contributed by atoms with E-state index in [4.69, 9.17) is 0 Å². The zero-order valence-electron chi connectivity index (χ0n) is 16.1. The quantitative estimate of drug-likeness (QED) is 0.354. The average molecular weight is 359 g/mol. The van der Waals surface area contributed by atoms with Crippen molar-refractivity contribution in [2.24, 2.45) is 0 Å². The van der Waals surface area contributed by atoms with E-state index in [1.54, 1.807) is 4.31 Å². The highest BCUT2D eigenvalue weighted by Gasteiger charge is 2.31. The molecule has 0 heterocycles. The highest BCUT2D eigenvalue weighted by molar-refractivity contribution is 7.90. The van der Waals surface area contributed by atoms with Gasteiger partial charge in [0.05, 0.1) is 6.07 Å². The van der Waals surface area contributed by atoms with Gasteiger partial charge in [-0.05, 0) is 19.3 Å². The lowest BCUT2D eigenvalue weighted by molar-refractivity contribution is 0.384. The predicted molar refractivity (Wildman–Crippen MR) is 102 cm³/mol. The Labute approximate surface area is 150 Å². The normalized spacial score (nSPS) is 13.1. The Balaban J connectivity index is 4.71. The van der Waals surface area contributed by atoms with Gasteiger partial charge >= 0.3 is 0 Å². The van der Waals surface area contributed by atoms with Crippen LogP contribution in [0, 0.1) is 11.3 Å². The third-order valence-corrected chi connectivity index (χ3v) is 6.60. The molecule has 1 atom stereocenters. The molecular weight excluding hydrogens is 320 g/mol. The van der Waals surface area contributed by atoms with E-state index in [1.165, 1.54) is 12.8 Å². The summed E-state index contributed by atoms with van der Waals surface area (Å²) in [5, 5.41) is 8.53. The van der Waals surface area contributed by atoms with E-state index in [9.17, 15) is 13.7 Å². The summed E-state index contributed by atoms with van der Waals surface area (Å²) in [7, 11) is -3.49. The lowest BCUT2D eigenvalue weighted by atomic mass is 10.1. The molecule has 0 spiro atoms. The number of nitriles is 1. The molecule has 0 rings (SSSR count). The number of rotatable bonds is 16. The van der Waals surface area contributed by atoms with E-state index < -0.39 is 15.3 Å². The van der Waals surface area contributed by atoms with Crippen LogP contribution in [-0.4, -0.2) is 31.1 Å². The van der Waals surface area contributed by atoms with Crippen molar-refractivity contribution in [1.29, 1.82) is 5.26 Å². The lowest BCUT2D eigenvalue weighted by Crippen LogP contribution is -2.39. The van der Waals surface area contributed by atoms with Crippen LogP contribution in [0.1, 0.15) is 97.8 Å². The van der Waals surface area contributed by atoms with Crippen molar-refractivity contribution in [2.45, 2.75) is 103 Å². The summed E-state index contributed by atoms with van der Waals surface area (Å²) in [6, 6.07) is 2.06. The fourth-order valence-electron chi connectivity index (χ4n) is 2.84. The van der Waals surface area contributed by atoms with Crippen LogP contribution in [0.5, 0.6) is 0 Å². The van der Waals surface area contributed by atoms with E-state index >= 15 is 0 Å². The van der Waals surface area contributed by atoms with Gasteiger partial charge in [0.2, 0.25) is 10.0 Å². The first kappa shape index (κ1) is 23.4. The Hall–Kier alpha value is -0.600. The molecule has 142 valence electrons. The van der Waals surface area contributed by atoms with Gasteiger partial charge in [-0.3, -0.25) is 0 Å². The van der Waals surface area contributed by atoms with Crippen molar-refractivity contribution in [2.75, 3.05) is 13.1 Å². The van der Waals surface area contributed by atoms with Gasteiger partial charge in [-0.25, -0.2) is 12.7 Å². The third kappa shape index (κ3) is 9.64. The molecule has 1 unspecified atom stereocenters. The van der Waals surface area contributed by atoms with Gasteiger partial charge < -0.3 is 0 Å². The first-order valence-electron chi connectivity index (χ1n) is 9.93. The summed E-state index contributed by atoms with van der Waals surface area (Å²) < 4.78 is 27.3. The maximum atomic E-state index is 12.9. The van der Waals surface area contributed by atoms with Crippen LogP contribution in [0.4, 0.5) is 0 Å². The second-order valence-electron chi connectivity index (χ2n) is 6.68. The van der Waals surface area contributed by atoms with Crippen molar-refractivity contribution in [3.8, 4) is 6.07 Å². The molecule has 0 aliphatic carbocycles. The molecule has 4 nitrogen and oxygen atoms in total. The average Bonchev–Trinajstić information content (AvgIpc) is 2.56. The van der Waals surface area contributed by atoms with Gasteiger partial charge in [0, 0.05) is 13.1 Å². The molecular formula is C19H38N2O2S. The molecule has 24 heavy (non-hydrogen) atoms. The van der Waals surface area contributed by atoms with E-state index in [0.29, 0.717) is 19.5 Å². The summed E-state index contributed by atoms with van der Waals surface area (Å²) >= 11 is 0. The molecule has 0 N–H and O–H groups in total. The minimum absolute atomic E-state index is 0.473. The van der Waals surface area contributed by atoms with Gasteiger partial charge in [-0.2, -0.15) is 5.26 Å². The fraction of sp³-hybridized carbons (Fsp3) is 0.947. The predicted octanol–water partition coefficient (Wildman–Crippen LogP) is 5.25. The Morgan fingerprint density at radius 3 is 1.71 bits per heavy atom. The Bertz CT molecular complexity index is 419. The first-order valence-corrected chi connectivity index (χ1v) is 11.4. The second kappa shape index (κ2) is 14.7. The van der Waals surface area contributed by atoms with Crippen LogP contribution in [0.25, 0.3) is 0 Å². The Morgan fingerprint density at radius 2 is 1.25 bits per heavy atom. The number of unbranched alkanes of at least 4 members (excludes halogenated alkanes) is 8. The van der Waals surface area contributed by atoms with Crippen LogP contribution >= 0.6 is 0 Å². The maximum Gasteiger partial charge on any atom is 0.230 e. The van der Waals surface area contributed by atoms with Gasteiger partial charge in [0.15, 0.2) is 5.25 Å². The van der Waals surface area contributed by atoms with E-state index in [0.717, 1.165) is 57.8 Å². The molecule has 0 saturated heterocycles. The molecule has 0 bridgehead atoms. The molecule has 0 radical (unpaired) electrons. The molecule has 0 amide bonds. The van der Waals surface area contributed by atoms with Crippen LogP contribution in [0.2, 0.25) is 0 Å². The minimum atomic E-state index is -3.49. The van der Waals surface area contributed by atoms with Crippen LogP contribution in [-0.2, 0) is 10.0 Å². The van der Waals surface area contributed by atoms with Gasteiger partial charge in [-0.15, -0.1) is 0 Å². The van der Waals surface area contributed by atoms with Crippen LogP contribution in [0.15, 0.2) is 0 Å². The van der Waals surface area contributed by atoms with Crippen molar-refractivity contribution in [3.05, 3.63) is 0 Å². The molecule has 0 aliphatic rings. The van der Waals surface area contributed by atoms with Gasteiger partial charge in [0.25, 0.3) is 0 Å². The van der Waals surface area contributed by atoms with Crippen LogP contribution in [0.3, 0.4) is 0 Å². The van der Waals surface area contributed by atoms with Crippen molar-refractivity contribution in [3.63, 3.8) is 0 Å². The molecule has 0 aromatic carbocycles. The first-order chi connectivity index (χ1) is 11.5. The summed E-state index contributed by atoms with van der Waals surface area (Å²) in [5.74, 6) is 0. The second-order valence-corrected chi connectivity index (χ2v) is 8.79. The highest BCUT2D eigenvalue weighted by atomic mass is 32.2. The highest BCUT2D eigenvalue weighted by Crippen LogP contribution is 2.18. The zero-order valence-corrected chi connectivity index (χ0v) is 16.9. The smallest absolute Gasteiger partial charge is 0.211 e. The molecule has 5 heteroatoms. The van der Waals surface area contributed by atoms with E-state index in [2.05, 4.69) is 26.8 Å². The molecule has 0 aromatic rings. The monoisotopic (exact) mass is 358 g/mol. The molecule has 0 aromatic heterocycles. The molecule has 0 saturated carbocycles. The van der Waals surface area contributed by atoms with Crippen molar-refractivity contribution < 1.29 is 8.42 Å². The van der Waals surface area contributed by atoms with Crippen LogP contribution < -0.4 is 0 Å². The third-order valence-electron chi connectivity index (χ3n) is 4.46. The standard InChI is InChI=1S/C19H38N2O2S/c1-4-7-10-11-12-15-19(18-20)24(22,23)21(16-13-8-5-2)17-14-9-6-3/h19H,4-17H2,1-3H3. The SMILES string of the molecule is CCCCCCCC(C#N)S(=O)(=O)N(CCCCC)CCCCC. The fourth-order valence-corrected chi connectivity index (χ4v) is 4.56. The van der Waals surface area contributed by atoms with Gasteiger partial charge in [-0.1, -0.05) is 78.6 Å². The van der Waals surface area contributed by atoms with Crippen molar-refractivity contribution >= 4 is 10.0 Å². The lowest BCUT2D eigenvalue weighted by Gasteiger charge is -2.24. The molecule has 0 fully saturated rings. The zero-order chi connectivity index (χ0) is 18.3. The number of nitrogens with zero attached hydrogens (tertiary/aromatic N) is 2. The molecule has 0 aliphatic heterocycles. The number of sulfonamides is 1. The van der Waals surface area contributed by atoms with Gasteiger partial charge in [0.1, 0.15) is 0 Å². The summed E-state index contributed by atoms with van der Waals surface area (Å²) in [5.41, 5.74) is 0. The van der Waals surface area contributed by atoms with E-state index in [-0.39, 0.29) is 0 Å². The summed E-state index contributed by atoms with van der Waals surface area (Å²) in [6.45, 7) is 7.52. The number of hydrogen-bond acceptors (Lipinski definition) is 3. The Kier molecular flexibility index (Phi) is 14.4. The number of hydrogen-bond donors (Lipinski definition) is 0. The maximum absolute atomic E-state index is 12.9. The van der Waals surface area contributed by atoms with Crippen molar-refractivity contribution in [1.82, 2.24) is 4.31 Å². The minimum Gasteiger partial charge on any atom is -0.211 e. The topological polar surface area (TPSA) is 61.2 Å². The largest absolute Gasteiger partial charge is 0.230 e. The summed E-state index contributed by atoms with van der Waals surface area (Å²) in [6.07, 6.45) is 11.8. The Morgan fingerprint density at radius 1 is 0.792 bits per heavy atom. The summed E-state index contributed by atoms with van der Waals surface area (Å²) in [4.78, 5) is 0.